The first-order valence-corrected chi connectivity index (χ1v) is 14.3. The number of likely N-dealkylation sites (N-methyl/N-ethyl adjacent to an activating group) is 1. The number of anilines is 2. The van der Waals surface area contributed by atoms with Crippen molar-refractivity contribution in [3.8, 4) is 6.01 Å². The predicted molar refractivity (Wildman–Crippen MR) is 155 cm³/mol. The number of nitrogens with zero attached hydrogens (tertiary/aromatic N) is 6. The van der Waals surface area contributed by atoms with Gasteiger partial charge >= 0.3 is 6.01 Å². The molecule has 2 fully saturated rings. The van der Waals surface area contributed by atoms with Crippen LogP contribution in [-0.2, 0) is 13.0 Å². The van der Waals surface area contributed by atoms with Crippen LogP contribution < -0.4 is 14.5 Å². The maximum atomic E-state index is 14.0. The van der Waals surface area contributed by atoms with Crippen LogP contribution >= 0.6 is 0 Å². The number of nitrogens with one attached hydrogen (secondary N) is 1. The van der Waals surface area contributed by atoms with Crippen LogP contribution in [0, 0.1) is 13.8 Å². The Morgan fingerprint density at radius 2 is 1.93 bits per heavy atom. The van der Waals surface area contributed by atoms with Crippen LogP contribution in [0.15, 0.2) is 30.7 Å². The van der Waals surface area contributed by atoms with E-state index in [1.54, 1.807) is 11.9 Å². The van der Waals surface area contributed by atoms with Crippen molar-refractivity contribution < 1.29 is 17.9 Å². The summed E-state index contributed by atoms with van der Waals surface area (Å²) >= 11 is 0. The predicted octanol–water partition coefficient (Wildman–Crippen LogP) is 4.46. The molecule has 2 saturated heterocycles. The van der Waals surface area contributed by atoms with Crippen LogP contribution in [0.25, 0.3) is 10.9 Å². The van der Waals surface area contributed by atoms with Gasteiger partial charge in [0.05, 0.1) is 18.8 Å². The molecule has 11 heteroatoms. The Morgan fingerprint density at radius 1 is 1.15 bits per heavy atom. The lowest BCUT2D eigenvalue weighted by molar-refractivity contribution is 0.0136. The van der Waals surface area contributed by atoms with Gasteiger partial charge in [-0.2, -0.15) is 9.97 Å². The van der Waals surface area contributed by atoms with E-state index in [1.807, 2.05) is 11.1 Å². The lowest BCUT2D eigenvalue weighted by Gasteiger charge is -2.38. The van der Waals surface area contributed by atoms with Gasteiger partial charge in [0.15, 0.2) is 0 Å². The minimum absolute atomic E-state index is 0.0986. The number of hydrogen-bond acceptors (Lipinski definition) is 7. The van der Waals surface area contributed by atoms with Gasteiger partial charge in [-0.05, 0) is 50.6 Å². The summed E-state index contributed by atoms with van der Waals surface area (Å²) in [5.41, 5.74) is 6.75. The molecule has 0 spiro atoms. The van der Waals surface area contributed by atoms with Crippen molar-refractivity contribution in [1.29, 1.82) is 0 Å². The molecule has 1 aromatic carbocycles. The smallest absolute Gasteiger partial charge is 0.318 e. The molecule has 0 bridgehead atoms. The highest BCUT2D eigenvalue weighted by molar-refractivity contribution is 5.95. The van der Waals surface area contributed by atoms with Gasteiger partial charge in [-0.25, -0.2) is 13.2 Å². The molecule has 1 N–H and O–H groups in total. The van der Waals surface area contributed by atoms with Crippen LogP contribution in [0.1, 0.15) is 28.8 Å². The standard InChI is InChI=1S/C30H38F3N7O/c1-19-13-25-23(5-7-34-25)27(21(19)3)40-8-6-24-26(16-40)35-29(41-17-22-14-30(32,33)18-37(22)4)36-28(24)39-11-9-38(10-12-39)15-20(2)31/h5,7,13,22,34H,2,6,8-12,14-18H2,1,3-4H3/t22-/m0/s1. The number of H-pyrrole nitrogens is 1. The Hall–Kier alpha value is -3.31. The van der Waals surface area contributed by atoms with Crippen molar-refractivity contribution in [1.82, 2.24) is 24.8 Å². The number of aryl methyl sites for hydroxylation is 1. The van der Waals surface area contributed by atoms with Gasteiger partial charge in [0.1, 0.15) is 18.3 Å². The molecule has 1 atom stereocenters. The first kappa shape index (κ1) is 27.8. The van der Waals surface area contributed by atoms with Gasteiger partial charge in [0.2, 0.25) is 0 Å². The average molecular weight is 570 g/mol. The molecule has 0 saturated carbocycles. The van der Waals surface area contributed by atoms with E-state index in [0.717, 1.165) is 35.6 Å². The molecule has 3 aliphatic rings. The molecule has 41 heavy (non-hydrogen) atoms. The molecule has 0 aliphatic carbocycles. The fourth-order valence-electron chi connectivity index (χ4n) is 6.51. The molecule has 3 aromatic rings. The summed E-state index contributed by atoms with van der Waals surface area (Å²) in [6.45, 7) is 11.9. The highest BCUT2D eigenvalue weighted by Gasteiger charge is 2.43. The normalized spacial score (nSPS) is 21.5. The molecule has 8 nitrogen and oxygen atoms in total. The molecule has 0 unspecified atom stereocenters. The largest absolute Gasteiger partial charge is 0.462 e. The number of rotatable bonds is 7. The number of benzene rings is 1. The molecule has 6 rings (SSSR count). The molecule has 5 heterocycles. The van der Waals surface area contributed by atoms with E-state index in [1.165, 1.54) is 22.2 Å². The second-order valence-corrected chi connectivity index (χ2v) is 11.8. The van der Waals surface area contributed by atoms with Crippen molar-refractivity contribution in [3.05, 3.63) is 53.1 Å². The van der Waals surface area contributed by atoms with E-state index in [9.17, 15) is 13.2 Å². The van der Waals surface area contributed by atoms with Crippen LogP contribution in [0.5, 0.6) is 6.01 Å². The summed E-state index contributed by atoms with van der Waals surface area (Å²) in [4.78, 5) is 21.3. The maximum absolute atomic E-state index is 14.0. The lowest BCUT2D eigenvalue weighted by atomic mass is 9.99. The van der Waals surface area contributed by atoms with Crippen LogP contribution in [0.2, 0.25) is 0 Å². The number of aromatic nitrogens is 3. The number of ether oxygens (including phenoxy) is 1. The first-order chi connectivity index (χ1) is 19.6. The third kappa shape index (κ3) is 5.61. The van der Waals surface area contributed by atoms with Crippen LogP contribution in [-0.4, -0.2) is 96.2 Å². The number of halogens is 3. The third-order valence-corrected chi connectivity index (χ3v) is 8.79. The van der Waals surface area contributed by atoms with Gasteiger partial charge < -0.3 is 19.5 Å². The fraction of sp³-hybridized carbons (Fsp3) is 0.533. The quantitative estimate of drug-likeness (QED) is 0.451. The van der Waals surface area contributed by atoms with Gasteiger partial charge in [-0.15, -0.1) is 0 Å². The summed E-state index contributed by atoms with van der Waals surface area (Å²) in [5, 5.41) is 1.18. The SMILES string of the molecule is C=C(F)CN1CCN(c2nc(OC[C@@H]3CC(F)(F)CN3C)nc3c2CCN(c2c(C)c(C)cc4[nH]ccc24)C3)CC1. The second-order valence-electron chi connectivity index (χ2n) is 11.8. The lowest BCUT2D eigenvalue weighted by Crippen LogP contribution is -2.47. The van der Waals surface area contributed by atoms with Crippen LogP contribution in [0.3, 0.4) is 0 Å². The second kappa shape index (κ2) is 10.8. The zero-order valence-electron chi connectivity index (χ0n) is 24.0. The molecule has 220 valence electrons. The molecule has 3 aliphatic heterocycles. The van der Waals surface area contributed by atoms with Crippen molar-refractivity contribution in [2.75, 3.05) is 69.3 Å². The first-order valence-electron chi connectivity index (χ1n) is 14.3. The minimum atomic E-state index is -2.72. The Kier molecular flexibility index (Phi) is 7.35. The van der Waals surface area contributed by atoms with E-state index in [2.05, 4.69) is 47.3 Å². The van der Waals surface area contributed by atoms with E-state index in [-0.39, 0.29) is 38.0 Å². The number of likely N-dealkylation sites (tertiary alicyclic amines) is 1. The topological polar surface area (TPSA) is 63.8 Å². The average Bonchev–Trinajstić information content (AvgIpc) is 3.49. The maximum Gasteiger partial charge on any atom is 0.318 e. The van der Waals surface area contributed by atoms with Crippen LogP contribution in [0.4, 0.5) is 24.7 Å². The Labute approximate surface area is 238 Å². The van der Waals surface area contributed by atoms with E-state index >= 15 is 0 Å². The zero-order chi connectivity index (χ0) is 28.9. The summed E-state index contributed by atoms with van der Waals surface area (Å²) in [6, 6.07) is 4.11. The van der Waals surface area contributed by atoms with Gasteiger partial charge in [0, 0.05) is 80.1 Å². The summed E-state index contributed by atoms with van der Waals surface area (Å²) in [5.74, 6) is -2.22. The monoisotopic (exact) mass is 569 g/mol. The summed E-state index contributed by atoms with van der Waals surface area (Å²) in [6.07, 6.45) is 2.50. The third-order valence-electron chi connectivity index (χ3n) is 8.79. The Balaban J connectivity index is 1.30. The van der Waals surface area contributed by atoms with E-state index in [0.29, 0.717) is 32.7 Å². The van der Waals surface area contributed by atoms with Crippen molar-refractivity contribution in [2.45, 2.75) is 45.2 Å². The van der Waals surface area contributed by atoms with Crippen molar-refractivity contribution in [3.63, 3.8) is 0 Å². The van der Waals surface area contributed by atoms with Gasteiger partial charge in [-0.1, -0.05) is 6.58 Å². The summed E-state index contributed by atoms with van der Waals surface area (Å²) < 4.78 is 47.5. The van der Waals surface area contributed by atoms with Gasteiger partial charge in [0.25, 0.3) is 5.92 Å². The number of fused-ring (bicyclic) bond motifs is 2. The number of alkyl halides is 2. The van der Waals surface area contributed by atoms with E-state index in [4.69, 9.17) is 14.7 Å². The fourth-order valence-corrected chi connectivity index (χ4v) is 6.51. The molecular weight excluding hydrogens is 531 g/mol. The molecule has 0 radical (unpaired) electrons. The number of hydrogen-bond donors (Lipinski definition) is 1. The highest BCUT2D eigenvalue weighted by atomic mass is 19.3. The molecule has 0 amide bonds. The van der Waals surface area contributed by atoms with Crippen molar-refractivity contribution in [2.24, 2.45) is 0 Å². The molecular formula is C30H38F3N7O. The Bertz CT molecular complexity index is 1450. The van der Waals surface area contributed by atoms with Crippen molar-refractivity contribution >= 4 is 22.4 Å². The minimum Gasteiger partial charge on any atom is -0.462 e. The zero-order valence-corrected chi connectivity index (χ0v) is 24.0. The highest BCUT2D eigenvalue weighted by Crippen LogP contribution is 2.38. The van der Waals surface area contributed by atoms with Gasteiger partial charge in [-0.3, -0.25) is 9.80 Å². The van der Waals surface area contributed by atoms with E-state index < -0.39 is 12.0 Å². The molecule has 2 aromatic heterocycles. The Morgan fingerprint density at radius 3 is 2.63 bits per heavy atom. The number of aromatic amines is 1. The number of piperazine rings is 1. The summed E-state index contributed by atoms with van der Waals surface area (Å²) in [7, 11) is 1.70.